The van der Waals surface area contributed by atoms with Crippen LogP contribution < -0.4 is 32.7 Å². The van der Waals surface area contributed by atoms with Crippen LogP contribution in [0, 0.1) is 0 Å². The normalized spacial score (nSPS) is 12.0. The summed E-state index contributed by atoms with van der Waals surface area (Å²) in [7, 11) is 1.38. The molecule has 1 aromatic carbocycles. The number of rotatable bonds is 12. The molecule has 0 heterocycles. The van der Waals surface area contributed by atoms with Crippen molar-refractivity contribution in [1.82, 2.24) is 21.3 Å². The number of phenols is 1. The number of nitrogens with two attached hydrogens (primary N) is 2. The lowest BCUT2D eigenvalue weighted by Crippen LogP contribution is -2.54. The number of carbonyl (C=O) groups is 4. The zero-order valence-corrected chi connectivity index (χ0v) is 17.6. The Kier molecular flexibility index (Phi) is 10.8. The molecule has 176 valence electrons. The van der Waals surface area contributed by atoms with Crippen molar-refractivity contribution in [2.24, 2.45) is 16.5 Å². The molecule has 0 aliphatic heterocycles. The first-order valence-corrected chi connectivity index (χ1v) is 9.73. The Morgan fingerprint density at radius 3 is 2.28 bits per heavy atom. The zero-order chi connectivity index (χ0) is 24.1. The van der Waals surface area contributed by atoms with Crippen molar-refractivity contribution in [2.45, 2.75) is 31.3 Å². The number of aliphatic imine (C=N–C) groups is 1. The van der Waals surface area contributed by atoms with Crippen molar-refractivity contribution < 1.29 is 29.4 Å². The van der Waals surface area contributed by atoms with Crippen molar-refractivity contribution in [1.29, 1.82) is 0 Å². The molecule has 0 aromatic heterocycles. The highest BCUT2D eigenvalue weighted by Gasteiger charge is 2.26. The number of hydrogen-bond donors (Lipinski definition) is 8. The standard InChI is InChI=1S/C19H29N7O6/c1-22-19(32)24-10-15(28)25-14(9-11-4-6-12(27)7-5-11)16(29)26-13(17(30)31)3-2-8-23-18(20)21/h4-7,13-14,27H,2-3,8-10H2,1H3,(H,25,28)(H,26,29)(H,30,31)(H4,20,21,23)(H2,22,24,32). The maximum atomic E-state index is 12.8. The molecule has 13 nitrogen and oxygen atoms in total. The van der Waals surface area contributed by atoms with Crippen LogP contribution in [0.4, 0.5) is 4.79 Å². The van der Waals surface area contributed by atoms with Gasteiger partial charge < -0.3 is 42.9 Å². The lowest BCUT2D eigenvalue weighted by Gasteiger charge is -2.22. The number of aliphatic carboxylic acids is 1. The summed E-state index contributed by atoms with van der Waals surface area (Å²) in [6.45, 7) is -0.194. The number of nitrogens with one attached hydrogen (secondary N) is 4. The molecular formula is C19H29N7O6. The number of carboxylic acids is 1. The van der Waals surface area contributed by atoms with Gasteiger partial charge in [0.15, 0.2) is 5.96 Å². The minimum absolute atomic E-state index is 0.0260. The van der Waals surface area contributed by atoms with Crippen LogP contribution in [0.1, 0.15) is 18.4 Å². The van der Waals surface area contributed by atoms with E-state index >= 15 is 0 Å². The Bertz CT molecular complexity index is 824. The van der Waals surface area contributed by atoms with Gasteiger partial charge in [-0.15, -0.1) is 0 Å². The summed E-state index contributed by atoms with van der Waals surface area (Å²) in [5.74, 6) is -2.71. The van der Waals surface area contributed by atoms with Crippen molar-refractivity contribution in [3.05, 3.63) is 29.8 Å². The van der Waals surface area contributed by atoms with Crippen LogP contribution in [0.2, 0.25) is 0 Å². The van der Waals surface area contributed by atoms with Crippen LogP contribution in [0.5, 0.6) is 5.75 Å². The molecule has 4 amide bonds. The van der Waals surface area contributed by atoms with Gasteiger partial charge in [0, 0.05) is 20.0 Å². The molecule has 0 aliphatic rings. The second-order valence-electron chi connectivity index (χ2n) is 6.77. The fourth-order valence-corrected chi connectivity index (χ4v) is 2.60. The van der Waals surface area contributed by atoms with Crippen LogP contribution in [-0.4, -0.2) is 72.2 Å². The molecule has 0 bridgehead atoms. The van der Waals surface area contributed by atoms with E-state index in [0.29, 0.717) is 12.0 Å². The van der Waals surface area contributed by atoms with Crippen molar-refractivity contribution >= 4 is 29.8 Å². The van der Waals surface area contributed by atoms with Gasteiger partial charge in [0.05, 0.1) is 6.54 Å². The van der Waals surface area contributed by atoms with Gasteiger partial charge in [0.2, 0.25) is 11.8 Å². The SMILES string of the molecule is CNC(=O)NCC(=O)NC(Cc1ccc(O)cc1)C(=O)NC(CCCN=C(N)N)C(=O)O. The molecular weight excluding hydrogens is 422 g/mol. The number of guanidine groups is 1. The van der Waals surface area contributed by atoms with Crippen molar-refractivity contribution in [2.75, 3.05) is 20.1 Å². The summed E-state index contributed by atoms with van der Waals surface area (Å²) in [5, 5.41) is 28.3. The summed E-state index contributed by atoms with van der Waals surface area (Å²) in [4.78, 5) is 51.5. The second-order valence-corrected chi connectivity index (χ2v) is 6.77. The van der Waals surface area contributed by atoms with E-state index in [0.717, 1.165) is 0 Å². The number of nitrogens with zero attached hydrogens (tertiary/aromatic N) is 1. The molecule has 2 atom stereocenters. The molecule has 10 N–H and O–H groups in total. The van der Waals surface area contributed by atoms with Gasteiger partial charge in [0.1, 0.15) is 17.8 Å². The predicted molar refractivity (Wildman–Crippen MR) is 116 cm³/mol. The maximum absolute atomic E-state index is 12.8. The van der Waals surface area contributed by atoms with E-state index in [2.05, 4.69) is 26.3 Å². The van der Waals surface area contributed by atoms with Crippen molar-refractivity contribution in [3.8, 4) is 5.75 Å². The van der Waals surface area contributed by atoms with Gasteiger partial charge in [-0.1, -0.05) is 12.1 Å². The molecule has 13 heteroatoms. The number of aromatic hydroxyl groups is 1. The number of carbonyl (C=O) groups excluding carboxylic acids is 3. The highest BCUT2D eigenvalue weighted by molar-refractivity contribution is 5.92. The Morgan fingerprint density at radius 1 is 1.06 bits per heavy atom. The molecule has 0 radical (unpaired) electrons. The average Bonchev–Trinajstić information content (AvgIpc) is 2.74. The predicted octanol–water partition coefficient (Wildman–Crippen LogP) is -2.03. The van der Waals surface area contributed by atoms with Crippen LogP contribution in [0.25, 0.3) is 0 Å². The molecule has 1 aromatic rings. The largest absolute Gasteiger partial charge is 0.508 e. The zero-order valence-electron chi connectivity index (χ0n) is 17.6. The number of benzene rings is 1. The van der Waals surface area contributed by atoms with Crippen LogP contribution in [0.3, 0.4) is 0 Å². The Balaban J connectivity index is 2.86. The van der Waals surface area contributed by atoms with E-state index in [4.69, 9.17) is 11.5 Å². The van der Waals surface area contributed by atoms with E-state index in [-0.39, 0.29) is 37.6 Å². The Morgan fingerprint density at radius 2 is 1.72 bits per heavy atom. The number of urea groups is 1. The third kappa shape index (κ3) is 10.1. The lowest BCUT2D eigenvalue weighted by atomic mass is 10.0. The summed E-state index contributed by atoms with van der Waals surface area (Å²) in [6.07, 6.45) is 0.397. The van der Waals surface area contributed by atoms with E-state index in [1.807, 2.05) is 0 Å². The first-order chi connectivity index (χ1) is 15.1. The van der Waals surface area contributed by atoms with E-state index < -0.39 is 35.9 Å². The Labute approximate surface area is 184 Å². The van der Waals surface area contributed by atoms with E-state index in [9.17, 15) is 29.4 Å². The van der Waals surface area contributed by atoms with Crippen LogP contribution >= 0.6 is 0 Å². The molecule has 0 spiro atoms. The van der Waals surface area contributed by atoms with Gasteiger partial charge in [-0.25, -0.2) is 9.59 Å². The van der Waals surface area contributed by atoms with Crippen LogP contribution in [0.15, 0.2) is 29.3 Å². The van der Waals surface area contributed by atoms with Crippen LogP contribution in [-0.2, 0) is 20.8 Å². The number of hydrogen-bond acceptors (Lipinski definition) is 6. The van der Waals surface area contributed by atoms with E-state index in [1.54, 1.807) is 12.1 Å². The molecule has 1 rings (SSSR count). The smallest absolute Gasteiger partial charge is 0.326 e. The Hall–Kier alpha value is -4.03. The molecule has 2 unspecified atom stereocenters. The number of amides is 4. The lowest BCUT2D eigenvalue weighted by molar-refractivity contribution is -0.142. The third-order valence-electron chi connectivity index (χ3n) is 4.22. The fourth-order valence-electron chi connectivity index (χ4n) is 2.60. The van der Waals surface area contributed by atoms with Gasteiger partial charge in [-0.2, -0.15) is 0 Å². The number of carboxylic acid groups (broad SMARTS) is 1. The fraction of sp³-hybridized carbons (Fsp3) is 0.421. The summed E-state index contributed by atoms with van der Waals surface area (Å²) < 4.78 is 0. The van der Waals surface area contributed by atoms with Gasteiger partial charge in [-0.05, 0) is 30.5 Å². The van der Waals surface area contributed by atoms with E-state index in [1.165, 1.54) is 19.2 Å². The first-order valence-electron chi connectivity index (χ1n) is 9.73. The van der Waals surface area contributed by atoms with Crippen molar-refractivity contribution in [3.63, 3.8) is 0 Å². The monoisotopic (exact) mass is 451 g/mol. The van der Waals surface area contributed by atoms with Gasteiger partial charge >= 0.3 is 12.0 Å². The minimum Gasteiger partial charge on any atom is -0.508 e. The first kappa shape index (κ1) is 26.0. The summed E-state index contributed by atoms with van der Waals surface area (Å²) >= 11 is 0. The molecule has 0 fully saturated rings. The maximum Gasteiger partial charge on any atom is 0.326 e. The summed E-state index contributed by atoms with van der Waals surface area (Å²) in [5.41, 5.74) is 11.1. The molecule has 0 saturated carbocycles. The highest BCUT2D eigenvalue weighted by atomic mass is 16.4. The second kappa shape index (κ2) is 13.3. The number of phenolic OH excluding ortho intramolecular Hbond substituents is 1. The minimum atomic E-state index is -1.25. The third-order valence-corrected chi connectivity index (χ3v) is 4.22. The molecule has 0 aliphatic carbocycles. The average molecular weight is 451 g/mol. The summed E-state index contributed by atoms with van der Waals surface area (Å²) in [6, 6.07) is 3.04. The quantitative estimate of drug-likeness (QED) is 0.100. The molecule has 32 heavy (non-hydrogen) atoms. The topological polar surface area (TPSA) is 221 Å². The van der Waals surface area contributed by atoms with Gasteiger partial charge in [-0.3, -0.25) is 14.6 Å². The highest BCUT2D eigenvalue weighted by Crippen LogP contribution is 2.12. The van der Waals surface area contributed by atoms with Gasteiger partial charge in [0.25, 0.3) is 0 Å². The molecule has 0 saturated heterocycles.